The predicted octanol–water partition coefficient (Wildman–Crippen LogP) is 6.46. The van der Waals surface area contributed by atoms with E-state index in [9.17, 15) is 14.4 Å². The number of aromatic nitrogens is 1. The van der Waals surface area contributed by atoms with Gasteiger partial charge in [0.25, 0.3) is 5.91 Å². The van der Waals surface area contributed by atoms with Crippen molar-refractivity contribution < 1.29 is 19.1 Å². The second kappa shape index (κ2) is 11.7. The van der Waals surface area contributed by atoms with Gasteiger partial charge in [-0.3, -0.25) is 19.8 Å². The lowest BCUT2D eigenvalue weighted by Gasteiger charge is -2.13. The van der Waals surface area contributed by atoms with E-state index in [1.54, 1.807) is 60.7 Å². The lowest BCUT2D eigenvalue weighted by molar-refractivity contribution is -0.133. The molecule has 190 valence electrons. The predicted molar refractivity (Wildman–Crippen MR) is 149 cm³/mol. The van der Waals surface area contributed by atoms with Crippen molar-refractivity contribution in [1.29, 1.82) is 0 Å². The fourth-order valence-electron chi connectivity index (χ4n) is 3.49. The van der Waals surface area contributed by atoms with E-state index in [-0.39, 0.29) is 5.69 Å². The number of nitrogens with zero attached hydrogens (tertiary/aromatic N) is 1. The molecule has 1 heterocycles. The summed E-state index contributed by atoms with van der Waals surface area (Å²) in [6.07, 6.45) is 0.872. The second-order valence-electron chi connectivity index (χ2n) is 7.95. The molecular weight excluding hydrogens is 583 g/mol. The quantitative estimate of drug-likeness (QED) is 0.211. The highest BCUT2D eigenvalue weighted by molar-refractivity contribution is 9.10. The maximum Gasteiger partial charge on any atom is 0.328 e. The first-order valence-corrected chi connectivity index (χ1v) is 12.7. The molecule has 11 heteroatoms. The van der Waals surface area contributed by atoms with Gasteiger partial charge in [-0.2, -0.15) is 0 Å². The first-order chi connectivity index (χ1) is 17.7. The van der Waals surface area contributed by atoms with Gasteiger partial charge in [-0.05, 0) is 73.2 Å². The Bertz CT molecular complexity index is 1470. The summed E-state index contributed by atoms with van der Waals surface area (Å²) in [6, 6.07) is 18.1. The summed E-state index contributed by atoms with van der Waals surface area (Å²) in [7, 11) is 0. The van der Waals surface area contributed by atoms with Crippen LogP contribution in [0.2, 0.25) is 10.0 Å². The van der Waals surface area contributed by atoms with Crippen LogP contribution in [0.3, 0.4) is 0 Å². The molecular formula is C26H21BrCl2N4O4. The molecule has 3 N–H and O–H groups in total. The Labute approximate surface area is 231 Å². The van der Waals surface area contributed by atoms with Crippen molar-refractivity contribution >= 4 is 79.1 Å². The number of amides is 3. The van der Waals surface area contributed by atoms with Crippen LogP contribution < -0.4 is 20.8 Å². The van der Waals surface area contributed by atoms with Crippen LogP contribution >= 0.6 is 39.1 Å². The number of hydrogen-bond acceptors (Lipinski definition) is 4. The van der Waals surface area contributed by atoms with Gasteiger partial charge in [0.05, 0.1) is 12.1 Å². The van der Waals surface area contributed by atoms with Gasteiger partial charge >= 0.3 is 11.8 Å². The molecule has 0 atom stereocenters. The normalized spacial score (nSPS) is 10.7. The summed E-state index contributed by atoms with van der Waals surface area (Å²) < 4.78 is 7.56. The Kier molecular flexibility index (Phi) is 8.38. The third kappa shape index (κ3) is 6.62. The van der Waals surface area contributed by atoms with E-state index in [0.29, 0.717) is 44.7 Å². The number of ether oxygens (including phenoxy) is 1. The fraction of sp³-hybridized carbons (Fsp3) is 0.115. The number of halogens is 3. The largest absolute Gasteiger partial charge is 0.494 e. The van der Waals surface area contributed by atoms with Crippen LogP contribution in [0, 0.1) is 0 Å². The van der Waals surface area contributed by atoms with Gasteiger partial charge in [0.2, 0.25) is 0 Å². The van der Waals surface area contributed by atoms with E-state index in [2.05, 4.69) is 32.0 Å². The van der Waals surface area contributed by atoms with Crippen LogP contribution in [0.4, 0.5) is 11.4 Å². The van der Waals surface area contributed by atoms with Gasteiger partial charge in [-0.1, -0.05) is 46.1 Å². The monoisotopic (exact) mass is 602 g/mol. The van der Waals surface area contributed by atoms with Gasteiger partial charge in [0, 0.05) is 31.3 Å². The number of rotatable bonds is 7. The number of carbonyl (C=O) groups is 3. The van der Waals surface area contributed by atoms with Gasteiger partial charge in [0.15, 0.2) is 0 Å². The SMILES string of the molecule is CCCOc1ccc(NC(=O)C(=O)Nn2c(C(=O)Nc3cc(Cl)cc(Cl)c3)cc3cc(Br)ccc32)cc1. The van der Waals surface area contributed by atoms with E-state index in [1.165, 1.54) is 10.7 Å². The van der Waals surface area contributed by atoms with E-state index >= 15 is 0 Å². The second-order valence-corrected chi connectivity index (χ2v) is 9.74. The van der Waals surface area contributed by atoms with Crippen molar-refractivity contribution in [2.75, 3.05) is 22.7 Å². The molecule has 0 aliphatic heterocycles. The lowest BCUT2D eigenvalue weighted by Crippen LogP contribution is -2.36. The smallest absolute Gasteiger partial charge is 0.328 e. The number of carbonyl (C=O) groups excluding carboxylic acids is 3. The molecule has 0 saturated heterocycles. The van der Waals surface area contributed by atoms with E-state index in [4.69, 9.17) is 27.9 Å². The molecule has 0 fully saturated rings. The Balaban J connectivity index is 1.56. The topological polar surface area (TPSA) is 101 Å². The van der Waals surface area contributed by atoms with Crippen LogP contribution in [-0.2, 0) is 9.59 Å². The average Bonchev–Trinajstić information content (AvgIpc) is 3.20. The van der Waals surface area contributed by atoms with Crippen LogP contribution in [0.1, 0.15) is 23.8 Å². The van der Waals surface area contributed by atoms with E-state index < -0.39 is 17.7 Å². The van der Waals surface area contributed by atoms with Crippen LogP contribution in [0.15, 0.2) is 71.2 Å². The standard InChI is InChI=1S/C26H21BrCl2N4O4/c1-2-9-37-21-6-4-19(5-7-21)30-25(35)26(36)32-33-22-8-3-16(27)10-15(22)11-23(33)24(34)31-20-13-17(28)12-18(29)14-20/h3-8,10-14H,2,9H2,1H3,(H,30,35)(H,31,34)(H,32,36). The molecule has 0 saturated carbocycles. The summed E-state index contributed by atoms with van der Waals surface area (Å²) in [4.78, 5) is 38.6. The maximum absolute atomic E-state index is 13.2. The van der Waals surface area contributed by atoms with Crippen LogP contribution in [0.25, 0.3) is 10.9 Å². The summed E-state index contributed by atoms with van der Waals surface area (Å²) in [6.45, 7) is 2.58. The number of benzene rings is 3. The first-order valence-electron chi connectivity index (χ1n) is 11.2. The van der Waals surface area contributed by atoms with Crippen LogP contribution in [0.5, 0.6) is 5.75 Å². The molecule has 3 aromatic carbocycles. The summed E-state index contributed by atoms with van der Waals surface area (Å²) in [5.74, 6) is -1.76. The summed E-state index contributed by atoms with van der Waals surface area (Å²) in [5.41, 5.74) is 3.90. The first kappa shape index (κ1) is 26.5. The van der Waals surface area contributed by atoms with Crippen molar-refractivity contribution in [2.24, 2.45) is 0 Å². The number of nitrogens with one attached hydrogen (secondary N) is 3. The zero-order valence-electron chi connectivity index (χ0n) is 19.5. The Hall–Kier alpha value is -3.53. The summed E-state index contributed by atoms with van der Waals surface area (Å²) in [5, 5.41) is 6.61. The van der Waals surface area contributed by atoms with Crippen molar-refractivity contribution in [1.82, 2.24) is 4.68 Å². The highest BCUT2D eigenvalue weighted by atomic mass is 79.9. The molecule has 4 rings (SSSR count). The highest BCUT2D eigenvalue weighted by Crippen LogP contribution is 2.26. The molecule has 0 aliphatic carbocycles. The molecule has 0 unspecified atom stereocenters. The van der Waals surface area contributed by atoms with Crippen molar-refractivity contribution in [3.8, 4) is 5.75 Å². The lowest BCUT2D eigenvalue weighted by atomic mass is 10.2. The molecule has 0 spiro atoms. The molecule has 0 radical (unpaired) electrons. The molecule has 37 heavy (non-hydrogen) atoms. The van der Waals surface area contributed by atoms with Crippen molar-refractivity contribution in [3.63, 3.8) is 0 Å². The van der Waals surface area contributed by atoms with E-state index in [1.807, 2.05) is 6.92 Å². The maximum atomic E-state index is 13.2. The summed E-state index contributed by atoms with van der Waals surface area (Å²) >= 11 is 15.5. The molecule has 3 amide bonds. The minimum absolute atomic E-state index is 0.0859. The zero-order chi connectivity index (χ0) is 26.5. The Morgan fingerprint density at radius 3 is 2.24 bits per heavy atom. The molecule has 1 aromatic heterocycles. The molecule has 0 bridgehead atoms. The fourth-order valence-corrected chi connectivity index (χ4v) is 4.39. The Morgan fingerprint density at radius 1 is 0.865 bits per heavy atom. The zero-order valence-corrected chi connectivity index (χ0v) is 22.6. The van der Waals surface area contributed by atoms with Gasteiger partial charge < -0.3 is 15.4 Å². The molecule has 0 aliphatic rings. The van der Waals surface area contributed by atoms with Crippen molar-refractivity contribution in [2.45, 2.75) is 13.3 Å². The van der Waals surface area contributed by atoms with Gasteiger partial charge in [-0.25, -0.2) is 4.68 Å². The van der Waals surface area contributed by atoms with Gasteiger partial charge in [-0.15, -0.1) is 0 Å². The van der Waals surface area contributed by atoms with E-state index in [0.717, 1.165) is 10.9 Å². The number of fused-ring (bicyclic) bond motifs is 1. The Morgan fingerprint density at radius 2 is 1.57 bits per heavy atom. The average molecular weight is 604 g/mol. The number of hydrogen-bond donors (Lipinski definition) is 3. The van der Waals surface area contributed by atoms with Crippen molar-refractivity contribution in [3.05, 3.63) is 86.9 Å². The third-order valence-electron chi connectivity index (χ3n) is 5.12. The highest BCUT2D eigenvalue weighted by Gasteiger charge is 2.21. The minimum atomic E-state index is -0.966. The molecule has 4 aromatic rings. The van der Waals surface area contributed by atoms with Crippen LogP contribution in [-0.4, -0.2) is 29.0 Å². The third-order valence-corrected chi connectivity index (χ3v) is 6.05. The van der Waals surface area contributed by atoms with Gasteiger partial charge in [0.1, 0.15) is 11.4 Å². The molecule has 8 nitrogen and oxygen atoms in total. The minimum Gasteiger partial charge on any atom is -0.494 e. The number of anilines is 2.